The van der Waals surface area contributed by atoms with Gasteiger partial charge in [-0.2, -0.15) is 0 Å². The summed E-state index contributed by atoms with van der Waals surface area (Å²) in [5.41, 5.74) is 5.58. The number of carbonyl (C=O) groups is 1. The fourth-order valence-corrected chi connectivity index (χ4v) is 2.84. The smallest absolute Gasteiger partial charge is 0.223 e. The van der Waals surface area contributed by atoms with Gasteiger partial charge in [0.2, 0.25) is 5.91 Å². The molecular weight excluding hydrogens is 278 g/mol. The number of aliphatic hydroxyl groups is 1. The van der Waals surface area contributed by atoms with Crippen LogP contribution in [0.15, 0.2) is 35.3 Å². The van der Waals surface area contributed by atoms with Gasteiger partial charge in [-0.1, -0.05) is 37.3 Å². The molecule has 5 nitrogen and oxygen atoms in total. The number of piperidine rings is 1. The van der Waals surface area contributed by atoms with E-state index in [1.807, 2.05) is 23.1 Å². The first-order valence-corrected chi connectivity index (χ1v) is 7.79. The van der Waals surface area contributed by atoms with Crippen LogP contribution in [0.2, 0.25) is 0 Å². The molecule has 3 N–H and O–H groups in total. The van der Waals surface area contributed by atoms with E-state index in [2.05, 4.69) is 24.0 Å². The predicted octanol–water partition coefficient (Wildman–Crippen LogP) is 1.52. The lowest BCUT2D eigenvalue weighted by molar-refractivity contribution is -0.135. The van der Waals surface area contributed by atoms with Crippen molar-refractivity contribution in [3.8, 4) is 0 Å². The van der Waals surface area contributed by atoms with Crippen LogP contribution < -0.4 is 5.73 Å². The second-order valence-corrected chi connectivity index (χ2v) is 6.11. The summed E-state index contributed by atoms with van der Waals surface area (Å²) in [5.74, 6) is 0.358. The SMILES string of the molecule is CC(CC(=O)N1CCC(O)(CN=CN)CC1)c1ccccc1. The van der Waals surface area contributed by atoms with Crippen LogP contribution in [0.4, 0.5) is 0 Å². The summed E-state index contributed by atoms with van der Waals surface area (Å²) >= 11 is 0. The molecule has 1 saturated heterocycles. The minimum Gasteiger partial charge on any atom is -0.390 e. The van der Waals surface area contributed by atoms with E-state index in [9.17, 15) is 9.90 Å². The van der Waals surface area contributed by atoms with Gasteiger partial charge in [0.15, 0.2) is 0 Å². The Morgan fingerprint density at radius 1 is 1.41 bits per heavy atom. The van der Waals surface area contributed by atoms with Crippen molar-refractivity contribution in [3.05, 3.63) is 35.9 Å². The molecule has 1 amide bonds. The summed E-state index contributed by atoms with van der Waals surface area (Å²) in [4.78, 5) is 18.2. The fourth-order valence-electron chi connectivity index (χ4n) is 2.84. The van der Waals surface area contributed by atoms with Crippen molar-refractivity contribution in [2.45, 2.75) is 37.7 Å². The number of benzene rings is 1. The van der Waals surface area contributed by atoms with Crippen molar-refractivity contribution < 1.29 is 9.90 Å². The minimum absolute atomic E-state index is 0.153. The normalized spacial score (nSPS) is 19.3. The Hall–Kier alpha value is -1.88. The molecule has 1 heterocycles. The predicted molar refractivity (Wildman–Crippen MR) is 87.8 cm³/mol. The van der Waals surface area contributed by atoms with Gasteiger partial charge in [-0.15, -0.1) is 0 Å². The zero-order valence-electron chi connectivity index (χ0n) is 13.1. The summed E-state index contributed by atoms with van der Waals surface area (Å²) in [7, 11) is 0. The minimum atomic E-state index is -0.822. The van der Waals surface area contributed by atoms with Gasteiger partial charge < -0.3 is 15.7 Å². The summed E-state index contributed by atoms with van der Waals surface area (Å²) in [6, 6.07) is 10.1. The summed E-state index contributed by atoms with van der Waals surface area (Å²) < 4.78 is 0. The molecule has 5 heteroatoms. The standard InChI is InChI=1S/C17H25N3O2/c1-14(15-5-3-2-4-6-15)11-16(21)20-9-7-17(22,8-10-20)12-19-13-18/h2-6,13-14,22H,7-12H2,1H3,(H2,18,19). The quantitative estimate of drug-likeness (QED) is 0.639. The molecule has 1 unspecified atom stereocenters. The number of hydrogen-bond donors (Lipinski definition) is 2. The molecule has 1 aromatic carbocycles. The maximum absolute atomic E-state index is 12.4. The van der Waals surface area contributed by atoms with E-state index < -0.39 is 5.60 Å². The molecule has 1 aromatic rings. The molecule has 120 valence electrons. The average Bonchev–Trinajstić information content (AvgIpc) is 2.54. The lowest BCUT2D eigenvalue weighted by Crippen LogP contribution is -2.48. The van der Waals surface area contributed by atoms with E-state index in [-0.39, 0.29) is 11.8 Å². The van der Waals surface area contributed by atoms with Gasteiger partial charge in [-0.3, -0.25) is 9.79 Å². The second-order valence-electron chi connectivity index (χ2n) is 6.11. The van der Waals surface area contributed by atoms with Crippen LogP contribution >= 0.6 is 0 Å². The molecule has 1 aliphatic rings. The Kier molecular flexibility index (Phi) is 5.55. The molecule has 1 fully saturated rings. The van der Waals surface area contributed by atoms with Gasteiger partial charge in [-0.25, -0.2) is 0 Å². The van der Waals surface area contributed by atoms with E-state index in [1.165, 1.54) is 11.9 Å². The van der Waals surface area contributed by atoms with Crippen LogP contribution in [0.3, 0.4) is 0 Å². The van der Waals surface area contributed by atoms with E-state index >= 15 is 0 Å². The highest BCUT2D eigenvalue weighted by atomic mass is 16.3. The summed E-state index contributed by atoms with van der Waals surface area (Å²) in [5, 5.41) is 10.4. The lowest BCUT2D eigenvalue weighted by atomic mass is 9.90. The number of rotatable bonds is 5. The topological polar surface area (TPSA) is 78.9 Å². The van der Waals surface area contributed by atoms with Gasteiger partial charge in [0.1, 0.15) is 0 Å². The first kappa shape index (κ1) is 16.5. The lowest BCUT2D eigenvalue weighted by Gasteiger charge is -2.37. The maximum Gasteiger partial charge on any atom is 0.223 e. The van der Waals surface area contributed by atoms with Crippen LogP contribution in [-0.4, -0.2) is 47.5 Å². The van der Waals surface area contributed by atoms with Crippen LogP contribution in [0.5, 0.6) is 0 Å². The molecule has 22 heavy (non-hydrogen) atoms. The number of carbonyl (C=O) groups excluding carboxylic acids is 1. The summed E-state index contributed by atoms with van der Waals surface area (Å²) in [6.07, 6.45) is 2.83. The highest BCUT2D eigenvalue weighted by Crippen LogP contribution is 2.25. The van der Waals surface area contributed by atoms with Crippen LogP contribution in [-0.2, 0) is 4.79 Å². The Bertz CT molecular complexity index is 508. The Morgan fingerprint density at radius 2 is 2.05 bits per heavy atom. The van der Waals surface area contributed by atoms with Gasteiger partial charge in [0.25, 0.3) is 0 Å². The first-order valence-electron chi connectivity index (χ1n) is 7.79. The Labute approximate surface area is 131 Å². The van der Waals surface area contributed by atoms with E-state index in [1.54, 1.807) is 0 Å². The average molecular weight is 303 g/mol. The second kappa shape index (κ2) is 7.40. The third-order valence-electron chi connectivity index (χ3n) is 4.39. The van der Waals surface area contributed by atoms with Crippen molar-refractivity contribution in [2.24, 2.45) is 10.7 Å². The molecule has 1 aliphatic heterocycles. The van der Waals surface area contributed by atoms with Crippen LogP contribution in [0.1, 0.15) is 37.7 Å². The number of amides is 1. The molecular formula is C17H25N3O2. The number of aliphatic imine (C=N–C) groups is 1. The van der Waals surface area contributed by atoms with E-state index in [4.69, 9.17) is 5.73 Å². The van der Waals surface area contributed by atoms with Gasteiger partial charge in [0, 0.05) is 19.5 Å². The fraction of sp³-hybridized carbons (Fsp3) is 0.529. The Morgan fingerprint density at radius 3 is 2.64 bits per heavy atom. The third-order valence-corrected chi connectivity index (χ3v) is 4.39. The first-order chi connectivity index (χ1) is 10.5. The molecule has 1 atom stereocenters. The monoisotopic (exact) mass is 303 g/mol. The molecule has 0 aliphatic carbocycles. The van der Waals surface area contributed by atoms with Gasteiger partial charge in [0.05, 0.1) is 18.5 Å². The maximum atomic E-state index is 12.4. The van der Waals surface area contributed by atoms with Crippen LogP contribution in [0.25, 0.3) is 0 Å². The molecule has 0 bridgehead atoms. The zero-order chi connectivity index (χ0) is 16.0. The number of nitrogens with two attached hydrogens (primary N) is 1. The van der Waals surface area contributed by atoms with Crippen molar-refractivity contribution >= 4 is 12.2 Å². The highest BCUT2D eigenvalue weighted by molar-refractivity contribution is 5.77. The van der Waals surface area contributed by atoms with E-state index in [0.717, 1.165) is 0 Å². The third kappa shape index (κ3) is 4.31. The van der Waals surface area contributed by atoms with E-state index in [0.29, 0.717) is 38.9 Å². The molecule has 0 spiro atoms. The van der Waals surface area contributed by atoms with Crippen molar-refractivity contribution in [3.63, 3.8) is 0 Å². The number of hydrogen-bond acceptors (Lipinski definition) is 3. The van der Waals surface area contributed by atoms with Gasteiger partial charge >= 0.3 is 0 Å². The number of nitrogens with zero attached hydrogens (tertiary/aromatic N) is 2. The Balaban J connectivity index is 1.85. The molecule has 0 aromatic heterocycles. The van der Waals surface area contributed by atoms with Gasteiger partial charge in [-0.05, 0) is 24.3 Å². The van der Waals surface area contributed by atoms with Crippen molar-refractivity contribution in [1.82, 2.24) is 4.90 Å². The molecule has 0 saturated carbocycles. The van der Waals surface area contributed by atoms with Crippen molar-refractivity contribution in [1.29, 1.82) is 0 Å². The largest absolute Gasteiger partial charge is 0.390 e. The molecule has 0 radical (unpaired) electrons. The van der Waals surface area contributed by atoms with Crippen molar-refractivity contribution in [2.75, 3.05) is 19.6 Å². The highest BCUT2D eigenvalue weighted by Gasteiger charge is 2.33. The van der Waals surface area contributed by atoms with Crippen LogP contribution in [0, 0.1) is 0 Å². The number of likely N-dealkylation sites (tertiary alicyclic amines) is 1. The molecule has 2 rings (SSSR count). The summed E-state index contributed by atoms with van der Waals surface area (Å²) in [6.45, 7) is 3.54. The zero-order valence-corrected chi connectivity index (χ0v) is 13.1.